The molecule has 0 fully saturated rings. The lowest BCUT2D eigenvalue weighted by Gasteiger charge is -2.07. The molecular formula is C15H10ClN3O2. The van der Waals surface area contributed by atoms with Crippen molar-refractivity contribution >= 4 is 11.6 Å². The third kappa shape index (κ3) is 3.46. The first-order valence-electron chi connectivity index (χ1n) is 6.14. The van der Waals surface area contributed by atoms with Gasteiger partial charge in [-0.2, -0.15) is 0 Å². The first-order chi connectivity index (χ1) is 10.3. The summed E-state index contributed by atoms with van der Waals surface area (Å²) in [5.74, 6) is 1.81. The Morgan fingerprint density at radius 1 is 0.810 bits per heavy atom. The summed E-state index contributed by atoms with van der Waals surface area (Å²) in [5.41, 5.74) is 0. The first-order valence-corrected chi connectivity index (χ1v) is 6.52. The second-order valence-corrected chi connectivity index (χ2v) is 4.36. The molecule has 0 aliphatic carbocycles. The number of hydrogen-bond donors (Lipinski definition) is 0. The minimum absolute atomic E-state index is 0.265. The molecule has 0 spiro atoms. The van der Waals surface area contributed by atoms with Crippen molar-refractivity contribution in [3.05, 3.63) is 66.2 Å². The van der Waals surface area contributed by atoms with E-state index in [1.807, 2.05) is 30.3 Å². The number of hydrogen-bond acceptors (Lipinski definition) is 5. The standard InChI is InChI=1S/C15H10ClN3O2/c16-15-12(7-4-8-17-15)21-14-9-13(18-10-19-14)20-11-5-2-1-3-6-11/h1-10H. The second-order valence-electron chi connectivity index (χ2n) is 4.00. The fraction of sp³-hybridized carbons (Fsp3) is 0. The van der Waals surface area contributed by atoms with E-state index in [9.17, 15) is 0 Å². The monoisotopic (exact) mass is 299 g/mol. The molecule has 0 unspecified atom stereocenters. The predicted octanol–water partition coefficient (Wildman–Crippen LogP) is 4.11. The Kier molecular flexibility index (Phi) is 3.93. The molecule has 0 aliphatic heterocycles. The van der Waals surface area contributed by atoms with E-state index in [4.69, 9.17) is 21.1 Å². The average molecular weight is 300 g/mol. The molecule has 0 amide bonds. The van der Waals surface area contributed by atoms with Gasteiger partial charge in [-0.15, -0.1) is 0 Å². The summed E-state index contributed by atoms with van der Waals surface area (Å²) in [4.78, 5) is 12.0. The van der Waals surface area contributed by atoms with Crippen LogP contribution in [-0.4, -0.2) is 15.0 Å². The van der Waals surface area contributed by atoms with Crippen molar-refractivity contribution in [2.45, 2.75) is 0 Å². The normalized spacial score (nSPS) is 10.1. The van der Waals surface area contributed by atoms with Crippen LogP contribution in [0.25, 0.3) is 0 Å². The SMILES string of the molecule is Clc1ncccc1Oc1cc(Oc2ccccc2)ncn1. The molecule has 2 heterocycles. The summed E-state index contributed by atoms with van der Waals surface area (Å²) in [6, 6.07) is 14.3. The van der Waals surface area contributed by atoms with Crippen LogP contribution in [0.4, 0.5) is 0 Å². The number of para-hydroxylation sites is 1. The summed E-state index contributed by atoms with van der Waals surface area (Å²) in [6.07, 6.45) is 2.94. The Labute approximate surface area is 126 Å². The van der Waals surface area contributed by atoms with Gasteiger partial charge in [0.15, 0.2) is 10.9 Å². The Morgan fingerprint density at radius 2 is 1.57 bits per heavy atom. The fourth-order valence-electron chi connectivity index (χ4n) is 1.60. The van der Waals surface area contributed by atoms with Gasteiger partial charge in [0, 0.05) is 6.20 Å². The molecule has 5 nitrogen and oxygen atoms in total. The maximum atomic E-state index is 5.93. The largest absolute Gasteiger partial charge is 0.439 e. The number of rotatable bonds is 4. The van der Waals surface area contributed by atoms with Crippen molar-refractivity contribution in [2.24, 2.45) is 0 Å². The lowest BCUT2D eigenvalue weighted by Crippen LogP contribution is -1.93. The third-order valence-corrected chi connectivity index (χ3v) is 2.81. The van der Waals surface area contributed by atoms with Gasteiger partial charge in [0.1, 0.15) is 12.1 Å². The number of ether oxygens (including phenoxy) is 2. The number of nitrogens with zero attached hydrogens (tertiary/aromatic N) is 3. The number of aromatic nitrogens is 3. The van der Waals surface area contributed by atoms with Crippen LogP contribution in [0.2, 0.25) is 5.15 Å². The predicted molar refractivity (Wildman–Crippen MR) is 77.9 cm³/mol. The van der Waals surface area contributed by atoms with Crippen molar-refractivity contribution in [1.82, 2.24) is 15.0 Å². The molecule has 21 heavy (non-hydrogen) atoms. The van der Waals surface area contributed by atoms with Crippen molar-refractivity contribution in [2.75, 3.05) is 0 Å². The average Bonchev–Trinajstić information content (AvgIpc) is 2.51. The highest BCUT2D eigenvalue weighted by molar-refractivity contribution is 6.30. The van der Waals surface area contributed by atoms with E-state index in [1.165, 1.54) is 6.33 Å². The molecule has 3 aromatic rings. The van der Waals surface area contributed by atoms with E-state index in [0.717, 1.165) is 0 Å². The van der Waals surface area contributed by atoms with E-state index in [2.05, 4.69) is 15.0 Å². The Balaban J connectivity index is 1.79. The maximum Gasteiger partial charge on any atom is 0.226 e. The quantitative estimate of drug-likeness (QED) is 0.679. The van der Waals surface area contributed by atoms with Crippen molar-refractivity contribution < 1.29 is 9.47 Å². The smallest absolute Gasteiger partial charge is 0.226 e. The molecule has 1 aromatic carbocycles. The molecule has 0 aliphatic rings. The maximum absolute atomic E-state index is 5.93. The summed E-state index contributed by atoms with van der Waals surface area (Å²) >= 11 is 5.93. The highest BCUT2D eigenvalue weighted by atomic mass is 35.5. The highest BCUT2D eigenvalue weighted by Crippen LogP contribution is 2.28. The Hall–Kier alpha value is -2.66. The molecule has 0 radical (unpaired) electrons. The van der Waals surface area contributed by atoms with E-state index < -0.39 is 0 Å². The van der Waals surface area contributed by atoms with Crippen LogP contribution in [0.3, 0.4) is 0 Å². The van der Waals surface area contributed by atoms with Gasteiger partial charge in [-0.25, -0.2) is 15.0 Å². The Bertz CT molecular complexity index is 738. The fourth-order valence-corrected chi connectivity index (χ4v) is 1.76. The molecule has 0 saturated heterocycles. The van der Waals surface area contributed by atoms with Gasteiger partial charge >= 0.3 is 0 Å². The number of benzene rings is 1. The van der Waals surface area contributed by atoms with Gasteiger partial charge in [-0.1, -0.05) is 29.8 Å². The van der Waals surface area contributed by atoms with Crippen LogP contribution in [0, 0.1) is 0 Å². The second kappa shape index (κ2) is 6.19. The molecule has 0 saturated carbocycles. The molecule has 6 heteroatoms. The molecule has 2 aromatic heterocycles. The summed E-state index contributed by atoms with van der Waals surface area (Å²) in [7, 11) is 0. The molecule has 0 atom stereocenters. The van der Waals surface area contributed by atoms with Gasteiger partial charge in [-0.05, 0) is 24.3 Å². The van der Waals surface area contributed by atoms with Crippen LogP contribution < -0.4 is 9.47 Å². The van der Waals surface area contributed by atoms with E-state index in [1.54, 1.807) is 24.4 Å². The van der Waals surface area contributed by atoms with Crippen LogP contribution >= 0.6 is 11.6 Å². The van der Waals surface area contributed by atoms with Crippen molar-refractivity contribution in [3.63, 3.8) is 0 Å². The van der Waals surface area contributed by atoms with Gasteiger partial charge in [-0.3, -0.25) is 0 Å². The first kappa shape index (κ1) is 13.3. The molecular weight excluding hydrogens is 290 g/mol. The zero-order valence-corrected chi connectivity index (χ0v) is 11.6. The highest BCUT2D eigenvalue weighted by Gasteiger charge is 2.06. The van der Waals surface area contributed by atoms with Crippen LogP contribution in [-0.2, 0) is 0 Å². The van der Waals surface area contributed by atoms with Gasteiger partial charge in [0.25, 0.3) is 0 Å². The molecule has 0 bridgehead atoms. The van der Waals surface area contributed by atoms with E-state index in [-0.39, 0.29) is 5.15 Å². The number of pyridine rings is 1. The summed E-state index contributed by atoms with van der Waals surface area (Å²) in [6.45, 7) is 0. The van der Waals surface area contributed by atoms with Gasteiger partial charge < -0.3 is 9.47 Å². The molecule has 0 N–H and O–H groups in total. The lowest BCUT2D eigenvalue weighted by atomic mass is 10.3. The van der Waals surface area contributed by atoms with Crippen LogP contribution in [0.1, 0.15) is 0 Å². The Morgan fingerprint density at radius 3 is 2.33 bits per heavy atom. The minimum Gasteiger partial charge on any atom is -0.439 e. The van der Waals surface area contributed by atoms with Gasteiger partial charge in [0.05, 0.1) is 6.07 Å². The zero-order chi connectivity index (χ0) is 14.5. The lowest BCUT2D eigenvalue weighted by molar-refractivity contribution is 0.432. The molecule has 3 rings (SSSR count). The van der Waals surface area contributed by atoms with E-state index >= 15 is 0 Å². The van der Waals surface area contributed by atoms with Crippen LogP contribution in [0.15, 0.2) is 61.1 Å². The molecule has 104 valence electrons. The van der Waals surface area contributed by atoms with Gasteiger partial charge in [0.2, 0.25) is 11.8 Å². The zero-order valence-electron chi connectivity index (χ0n) is 10.8. The topological polar surface area (TPSA) is 57.1 Å². The third-order valence-electron chi connectivity index (χ3n) is 2.52. The van der Waals surface area contributed by atoms with Crippen molar-refractivity contribution in [3.8, 4) is 23.3 Å². The number of halogens is 1. The minimum atomic E-state index is 0.265. The van der Waals surface area contributed by atoms with Crippen molar-refractivity contribution in [1.29, 1.82) is 0 Å². The van der Waals surface area contributed by atoms with E-state index in [0.29, 0.717) is 23.3 Å². The summed E-state index contributed by atoms with van der Waals surface area (Å²) in [5, 5.41) is 0.265. The summed E-state index contributed by atoms with van der Waals surface area (Å²) < 4.78 is 11.2. The van der Waals surface area contributed by atoms with Crippen LogP contribution in [0.5, 0.6) is 23.3 Å².